The van der Waals surface area contributed by atoms with Crippen LogP contribution in [0.5, 0.6) is 5.75 Å². The van der Waals surface area contributed by atoms with E-state index in [2.05, 4.69) is 10.3 Å². The third kappa shape index (κ3) is 8.34. The van der Waals surface area contributed by atoms with Crippen molar-refractivity contribution in [2.75, 3.05) is 18.5 Å². The molecule has 0 spiro atoms. The number of aromatic nitrogens is 1. The fourth-order valence-electron chi connectivity index (χ4n) is 2.85. The quantitative estimate of drug-likeness (QED) is 0.312. The molecule has 3 aromatic rings. The van der Waals surface area contributed by atoms with E-state index in [0.717, 1.165) is 23.5 Å². The molecule has 6 nitrogen and oxygen atoms in total. The Bertz CT molecular complexity index is 1160. The van der Waals surface area contributed by atoms with Gasteiger partial charge in [-0.05, 0) is 51.1 Å². The number of benzene rings is 2. The first-order chi connectivity index (χ1) is 16.3. The molecule has 3 rings (SSSR count). The Morgan fingerprint density at radius 1 is 1.14 bits per heavy atom. The number of hydrogen-bond donors (Lipinski definition) is 2. The van der Waals surface area contributed by atoms with Crippen LogP contribution in [0.1, 0.15) is 56.1 Å². The predicted molar refractivity (Wildman–Crippen MR) is 132 cm³/mol. The van der Waals surface area contributed by atoms with Gasteiger partial charge in [-0.3, -0.25) is 10.1 Å². The number of anilines is 1. The highest BCUT2D eigenvalue weighted by atomic mass is 35.5. The number of thiazole rings is 1. The maximum absolute atomic E-state index is 12.9. The van der Waals surface area contributed by atoms with Gasteiger partial charge in [0.2, 0.25) is 0 Å². The molecule has 11 heteroatoms. The summed E-state index contributed by atoms with van der Waals surface area (Å²) in [5.41, 5.74) is -0.599. The minimum Gasteiger partial charge on any atom is -0.507 e. The number of hydrogen-bond acceptors (Lipinski definition) is 6. The number of rotatable bonds is 7. The number of nitrogens with zero attached hydrogens (tertiary/aromatic N) is 1. The molecule has 0 bridgehead atoms. The second-order valence-corrected chi connectivity index (χ2v) is 9.59. The molecule has 0 saturated carbocycles. The maximum atomic E-state index is 12.9. The lowest BCUT2D eigenvalue weighted by atomic mass is 10.1. The molecule has 0 fully saturated rings. The zero-order valence-electron chi connectivity index (χ0n) is 20.0. The zero-order valence-corrected chi connectivity index (χ0v) is 21.6. The number of carbonyl (C=O) groups is 1. The van der Waals surface area contributed by atoms with Crippen LogP contribution in [-0.4, -0.2) is 34.8 Å². The molecule has 0 aliphatic heterocycles. The Balaban J connectivity index is 0.00000210. The van der Waals surface area contributed by atoms with Crippen LogP contribution in [0.15, 0.2) is 30.3 Å². The van der Waals surface area contributed by atoms with E-state index in [9.17, 15) is 23.1 Å². The molecule has 0 saturated heterocycles. The molecule has 1 heterocycles. The summed E-state index contributed by atoms with van der Waals surface area (Å²) in [5, 5.41) is 13.3. The van der Waals surface area contributed by atoms with Crippen molar-refractivity contribution in [1.82, 2.24) is 4.98 Å². The highest BCUT2D eigenvalue weighted by Gasteiger charge is 2.31. The SMILES string of the molecule is CC.CC(C)(C)OCCOCc1cc(Cl)cc(C(=O)Nc2nc3ccc(C(F)(F)F)cc3s2)c1O. The van der Waals surface area contributed by atoms with Gasteiger partial charge < -0.3 is 14.6 Å². The van der Waals surface area contributed by atoms with Gasteiger partial charge in [0.1, 0.15) is 5.75 Å². The number of fused-ring (bicyclic) bond motifs is 1. The summed E-state index contributed by atoms with van der Waals surface area (Å²) in [6.45, 7) is 10.4. The number of phenols is 1. The van der Waals surface area contributed by atoms with E-state index in [1.54, 1.807) is 0 Å². The largest absolute Gasteiger partial charge is 0.507 e. The standard InChI is InChI=1S/C22H22ClF3N2O4S.C2H6/c1-21(2,3)32-7-6-31-11-12-8-14(23)10-15(18(12)29)19(30)28-20-27-16-5-4-13(22(24,25)26)9-17(16)33-20;1-2/h4-5,8-10,29H,6-7,11H2,1-3H3,(H,27,28,30);1-2H3. The van der Waals surface area contributed by atoms with E-state index in [1.165, 1.54) is 18.2 Å². The maximum Gasteiger partial charge on any atom is 0.416 e. The summed E-state index contributed by atoms with van der Waals surface area (Å²) >= 11 is 6.99. The molecule has 2 aromatic carbocycles. The lowest BCUT2D eigenvalue weighted by molar-refractivity contribution is -0.137. The van der Waals surface area contributed by atoms with Gasteiger partial charge in [-0.15, -0.1) is 0 Å². The van der Waals surface area contributed by atoms with Crippen molar-refractivity contribution >= 4 is 44.2 Å². The Morgan fingerprint density at radius 2 is 1.83 bits per heavy atom. The van der Waals surface area contributed by atoms with Crippen molar-refractivity contribution < 1.29 is 32.5 Å². The Labute approximate surface area is 211 Å². The summed E-state index contributed by atoms with van der Waals surface area (Å²) in [5.74, 6) is -1.02. The van der Waals surface area contributed by atoms with E-state index in [0.29, 0.717) is 17.7 Å². The first-order valence-electron chi connectivity index (χ1n) is 10.9. The average Bonchev–Trinajstić information content (AvgIpc) is 3.17. The molecular formula is C24H28ClF3N2O4S. The van der Waals surface area contributed by atoms with Crippen LogP contribution in [0.4, 0.5) is 18.3 Å². The molecule has 35 heavy (non-hydrogen) atoms. The Morgan fingerprint density at radius 3 is 2.46 bits per heavy atom. The zero-order chi connectivity index (χ0) is 26.4. The number of alkyl halides is 3. The van der Waals surface area contributed by atoms with Crippen LogP contribution < -0.4 is 5.32 Å². The smallest absolute Gasteiger partial charge is 0.416 e. The first kappa shape index (κ1) is 28.8. The minimum absolute atomic E-state index is 0.00152. The molecule has 0 unspecified atom stereocenters. The van der Waals surface area contributed by atoms with E-state index in [-0.39, 0.29) is 45.0 Å². The summed E-state index contributed by atoms with van der Waals surface area (Å²) in [6, 6.07) is 5.90. The van der Waals surface area contributed by atoms with Gasteiger partial charge in [-0.2, -0.15) is 13.2 Å². The molecule has 2 N–H and O–H groups in total. The van der Waals surface area contributed by atoms with Crippen molar-refractivity contribution in [3.8, 4) is 5.75 Å². The second-order valence-electron chi connectivity index (χ2n) is 8.13. The third-order valence-electron chi connectivity index (χ3n) is 4.35. The van der Waals surface area contributed by atoms with Crippen LogP contribution in [0.2, 0.25) is 5.02 Å². The van der Waals surface area contributed by atoms with Crippen molar-refractivity contribution in [2.24, 2.45) is 0 Å². The molecule has 192 valence electrons. The van der Waals surface area contributed by atoms with Crippen LogP contribution >= 0.6 is 22.9 Å². The van der Waals surface area contributed by atoms with E-state index >= 15 is 0 Å². The molecule has 0 aliphatic carbocycles. The molecular weight excluding hydrogens is 505 g/mol. The van der Waals surface area contributed by atoms with Gasteiger partial charge in [0.05, 0.1) is 46.8 Å². The number of carbonyl (C=O) groups excluding carboxylic acids is 1. The van der Waals surface area contributed by atoms with Gasteiger partial charge >= 0.3 is 6.18 Å². The Kier molecular flexibility index (Phi) is 9.91. The van der Waals surface area contributed by atoms with E-state index in [4.69, 9.17) is 21.1 Å². The van der Waals surface area contributed by atoms with Crippen molar-refractivity contribution in [3.63, 3.8) is 0 Å². The van der Waals surface area contributed by atoms with Gasteiger partial charge in [0.15, 0.2) is 5.13 Å². The van der Waals surface area contributed by atoms with Crippen molar-refractivity contribution in [2.45, 2.75) is 53.0 Å². The molecule has 0 atom stereocenters. The number of phenolic OH excluding ortho intramolecular Hbond substituents is 1. The molecule has 0 aliphatic rings. The average molecular weight is 533 g/mol. The monoisotopic (exact) mass is 532 g/mol. The first-order valence-corrected chi connectivity index (χ1v) is 12.1. The topological polar surface area (TPSA) is 80.7 Å². The third-order valence-corrected chi connectivity index (χ3v) is 5.51. The molecule has 1 aromatic heterocycles. The second kappa shape index (κ2) is 12.0. The Hall–Kier alpha value is -2.40. The van der Waals surface area contributed by atoms with E-state index in [1.807, 2.05) is 34.6 Å². The van der Waals surface area contributed by atoms with Gasteiger partial charge in [-0.1, -0.05) is 36.8 Å². The summed E-state index contributed by atoms with van der Waals surface area (Å²) < 4.78 is 50.1. The van der Waals surface area contributed by atoms with Crippen molar-refractivity contribution in [1.29, 1.82) is 0 Å². The number of halogens is 4. The van der Waals surface area contributed by atoms with Crippen LogP contribution in [0.3, 0.4) is 0 Å². The lowest BCUT2D eigenvalue weighted by Gasteiger charge is -2.19. The highest BCUT2D eigenvalue weighted by Crippen LogP contribution is 2.35. The van der Waals surface area contributed by atoms with E-state index < -0.39 is 17.6 Å². The number of nitrogens with one attached hydrogen (secondary N) is 1. The minimum atomic E-state index is -4.48. The lowest BCUT2D eigenvalue weighted by Crippen LogP contribution is -2.21. The fraction of sp³-hybridized carbons (Fsp3) is 0.417. The van der Waals surface area contributed by atoms with Gasteiger partial charge in [0.25, 0.3) is 5.91 Å². The van der Waals surface area contributed by atoms with Crippen LogP contribution in [0, 0.1) is 0 Å². The van der Waals surface area contributed by atoms with Gasteiger partial charge in [0, 0.05) is 10.6 Å². The highest BCUT2D eigenvalue weighted by molar-refractivity contribution is 7.22. The number of aromatic hydroxyl groups is 1. The van der Waals surface area contributed by atoms with Crippen molar-refractivity contribution in [3.05, 3.63) is 52.0 Å². The number of amides is 1. The molecule has 1 amide bonds. The summed E-state index contributed by atoms with van der Waals surface area (Å²) in [4.78, 5) is 16.9. The fourth-order valence-corrected chi connectivity index (χ4v) is 3.99. The predicted octanol–water partition coefficient (Wildman–Crippen LogP) is 7.28. The summed E-state index contributed by atoms with van der Waals surface area (Å²) in [6.07, 6.45) is -4.48. The number of ether oxygens (including phenoxy) is 2. The van der Waals surface area contributed by atoms with Crippen LogP contribution in [0.25, 0.3) is 10.2 Å². The summed E-state index contributed by atoms with van der Waals surface area (Å²) in [7, 11) is 0. The normalized spacial score (nSPS) is 11.8. The van der Waals surface area contributed by atoms with Crippen LogP contribution in [-0.2, 0) is 22.3 Å². The molecule has 0 radical (unpaired) electrons. The van der Waals surface area contributed by atoms with Gasteiger partial charge in [-0.25, -0.2) is 4.98 Å².